The van der Waals surface area contributed by atoms with Crippen molar-refractivity contribution in [3.8, 4) is 6.07 Å². The number of rotatable bonds is 2. The van der Waals surface area contributed by atoms with Crippen LogP contribution in [0.15, 0.2) is 0 Å². The first-order valence-corrected chi connectivity index (χ1v) is 6.43. The van der Waals surface area contributed by atoms with Gasteiger partial charge in [-0.3, -0.25) is 4.90 Å². The highest BCUT2D eigenvalue weighted by Gasteiger charge is 2.39. The van der Waals surface area contributed by atoms with Gasteiger partial charge < -0.3 is 5.11 Å². The van der Waals surface area contributed by atoms with E-state index in [0.717, 1.165) is 25.9 Å². The third kappa shape index (κ3) is 2.23. The number of aliphatic hydroxyl groups excluding tert-OH is 1. The number of nitriles is 1. The molecule has 1 saturated heterocycles. The van der Waals surface area contributed by atoms with Crippen LogP contribution in [0, 0.1) is 29.1 Å². The number of aliphatic hydroxyl groups is 1. The molecular weight excluding hydrogens is 200 g/mol. The number of hydrogen-bond acceptors (Lipinski definition) is 3. The minimum absolute atomic E-state index is 0.151. The lowest BCUT2D eigenvalue weighted by Gasteiger charge is -2.47. The Morgan fingerprint density at radius 2 is 2.00 bits per heavy atom. The van der Waals surface area contributed by atoms with Gasteiger partial charge in [0.05, 0.1) is 18.1 Å². The smallest absolute Gasteiger partial charge is 0.0794 e. The fraction of sp³-hybridized carbons (Fsp3) is 0.923. The van der Waals surface area contributed by atoms with Gasteiger partial charge in [-0.2, -0.15) is 5.26 Å². The van der Waals surface area contributed by atoms with Crippen molar-refractivity contribution >= 4 is 0 Å². The SMILES string of the molecule is CC(C)C1CCC(N2CC(O)C2)C(C#N)C1. The van der Waals surface area contributed by atoms with Crippen LogP contribution in [0.4, 0.5) is 0 Å². The van der Waals surface area contributed by atoms with Crippen LogP contribution < -0.4 is 0 Å². The summed E-state index contributed by atoms with van der Waals surface area (Å²) in [6.07, 6.45) is 3.27. The molecule has 1 aliphatic heterocycles. The average Bonchev–Trinajstić information content (AvgIpc) is 2.24. The summed E-state index contributed by atoms with van der Waals surface area (Å²) in [5.41, 5.74) is 0. The molecule has 1 N–H and O–H groups in total. The van der Waals surface area contributed by atoms with Gasteiger partial charge in [0.1, 0.15) is 0 Å². The second-order valence-electron chi connectivity index (χ2n) is 5.73. The van der Waals surface area contributed by atoms with Crippen molar-refractivity contribution in [3.05, 3.63) is 0 Å². The lowest BCUT2D eigenvalue weighted by Crippen LogP contribution is -2.58. The molecule has 0 aromatic heterocycles. The summed E-state index contributed by atoms with van der Waals surface area (Å²) in [4.78, 5) is 2.29. The molecule has 16 heavy (non-hydrogen) atoms. The molecule has 3 unspecified atom stereocenters. The van der Waals surface area contributed by atoms with Crippen molar-refractivity contribution in [2.45, 2.75) is 45.3 Å². The summed E-state index contributed by atoms with van der Waals surface area (Å²) in [6.45, 7) is 6.06. The Morgan fingerprint density at radius 3 is 2.50 bits per heavy atom. The first-order chi connectivity index (χ1) is 7.61. The first kappa shape index (κ1) is 11.9. The van der Waals surface area contributed by atoms with Gasteiger partial charge in [-0.1, -0.05) is 13.8 Å². The minimum atomic E-state index is -0.151. The highest BCUT2D eigenvalue weighted by Crippen LogP contribution is 2.37. The van der Waals surface area contributed by atoms with Gasteiger partial charge in [0.2, 0.25) is 0 Å². The summed E-state index contributed by atoms with van der Waals surface area (Å²) in [5.74, 6) is 1.58. The summed E-state index contributed by atoms with van der Waals surface area (Å²) in [6, 6.07) is 2.89. The molecule has 0 radical (unpaired) electrons. The molecule has 0 aromatic rings. The van der Waals surface area contributed by atoms with Crippen molar-refractivity contribution in [1.29, 1.82) is 5.26 Å². The molecule has 0 amide bonds. The van der Waals surface area contributed by atoms with E-state index in [1.54, 1.807) is 0 Å². The molecule has 2 rings (SSSR count). The van der Waals surface area contributed by atoms with E-state index in [1.165, 1.54) is 6.42 Å². The molecule has 3 atom stereocenters. The van der Waals surface area contributed by atoms with E-state index in [2.05, 4.69) is 24.8 Å². The zero-order valence-corrected chi connectivity index (χ0v) is 10.3. The largest absolute Gasteiger partial charge is 0.390 e. The van der Waals surface area contributed by atoms with Gasteiger partial charge in [-0.25, -0.2) is 0 Å². The zero-order chi connectivity index (χ0) is 11.7. The Bertz CT molecular complexity index is 278. The Morgan fingerprint density at radius 1 is 1.31 bits per heavy atom. The molecule has 2 aliphatic rings. The molecule has 0 aromatic carbocycles. The van der Waals surface area contributed by atoms with E-state index < -0.39 is 0 Å². The number of hydrogen-bond donors (Lipinski definition) is 1. The molecule has 0 bridgehead atoms. The fourth-order valence-corrected chi connectivity index (χ4v) is 3.13. The van der Waals surface area contributed by atoms with E-state index in [4.69, 9.17) is 0 Å². The van der Waals surface area contributed by atoms with Crippen molar-refractivity contribution < 1.29 is 5.11 Å². The van der Waals surface area contributed by atoms with Crippen molar-refractivity contribution in [2.75, 3.05) is 13.1 Å². The van der Waals surface area contributed by atoms with Crippen LogP contribution in [-0.2, 0) is 0 Å². The van der Waals surface area contributed by atoms with E-state index in [-0.39, 0.29) is 12.0 Å². The molecule has 1 heterocycles. The average molecular weight is 222 g/mol. The number of nitrogens with zero attached hydrogens (tertiary/aromatic N) is 2. The maximum absolute atomic E-state index is 9.32. The topological polar surface area (TPSA) is 47.3 Å². The van der Waals surface area contributed by atoms with Crippen LogP contribution in [0.5, 0.6) is 0 Å². The lowest BCUT2D eigenvalue weighted by atomic mass is 9.73. The van der Waals surface area contributed by atoms with Crippen LogP contribution in [0.2, 0.25) is 0 Å². The molecule has 90 valence electrons. The Kier molecular flexibility index (Phi) is 3.51. The van der Waals surface area contributed by atoms with E-state index in [1.807, 2.05) is 0 Å². The van der Waals surface area contributed by atoms with Gasteiger partial charge in [-0.05, 0) is 31.1 Å². The second-order valence-corrected chi connectivity index (χ2v) is 5.73. The third-order valence-corrected chi connectivity index (χ3v) is 4.32. The molecule has 1 aliphatic carbocycles. The first-order valence-electron chi connectivity index (χ1n) is 6.43. The second kappa shape index (κ2) is 4.73. The van der Waals surface area contributed by atoms with Crippen LogP contribution >= 0.6 is 0 Å². The summed E-state index contributed by atoms with van der Waals surface area (Å²) in [7, 11) is 0. The Hall–Kier alpha value is -0.590. The summed E-state index contributed by atoms with van der Waals surface area (Å²) >= 11 is 0. The van der Waals surface area contributed by atoms with Gasteiger partial charge >= 0.3 is 0 Å². The summed E-state index contributed by atoms with van der Waals surface area (Å²) in [5, 5.41) is 18.6. The maximum atomic E-state index is 9.32. The monoisotopic (exact) mass is 222 g/mol. The predicted molar refractivity (Wildman–Crippen MR) is 62.6 cm³/mol. The molecule has 1 saturated carbocycles. The van der Waals surface area contributed by atoms with Crippen LogP contribution in [0.1, 0.15) is 33.1 Å². The highest BCUT2D eigenvalue weighted by molar-refractivity contribution is 5.01. The predicted octanol–water partition coefficient (Wildman–Crippen LogP) is 1.63. The van der Waals surface area contributed by atoms with Crippen molar-refractivity contribution in [1.82, 2.24) is 4.90 Å². The quantitative estimate of drug-likeness (QED) is 0.772. The normalized spacial score (nSPS) is 37.1. The highest BCUT2D eigenvalue weighted by atomic mass is 16.3. The van der Waals surface area contributed by atoms with Crippen molar-refractivity contribution in [2.24, 2.45) is 17.8 Å². The van der Waals surface area contributed by atoms with E-state index >= 15 is 0 Å². The third-order valence-electron chi connectivity index (χ3n) is 4.32. The molecule has 3 heteroatoms. The lowest BCUT2D eigenvalue weighted by molar-refractivity contribution is -0.0484. The van der Waals surface area contributed by atoms with E-state index in [0.29, 0.717) is 17.9 Å². The van der Waals surface area contributed by atoms with Gasteiger partial charge in [0.25, 0.3) is 0 Å². The van der Waals surface area contributed by atoms with Crippen molar-refractivity contribution in [3.63, 3.8) is 0 Å². The van der Waals surface area contributed by atoms with E-state index in [9.17, 15) is 10.4 Å². The van der Waals surface area contributed by atoms with Gasteiger partial charge in [0.15, 0.2) is 0 Å². The molecular formula is C13H22N2O. The summed E-state index contributed by atoms with van der Waals surface area (Å²) < 4.78 is 0. The molecule has 3 nitrogen and oxygen atoms in total. The maximum Gasteiger partial charge on any atom is 0.0794 e. The number of β-amino-alcohol motifs (C(OH)–C–C–N with tert-alkyl or cyclic N) is 1. The fourth-order valence-electron chi connectivity index (χ4n) is 3.13. The van der Waals surface area contributed by atoms with Gasteiger partial charge in [0, 0.05) is 19.1 Å². The number of likely N-dealkylation sites (tertiary alicyclic amines) is 1. The van der Waals surface area contributed by atoms with Crippen LogP contribution in [0.25, 0.3) is 0 Å². The Labute approximate surface area is 98.1 Å². The minimum Gasteiger partial charge on any atom is -0.390 e. The standard InChI is InChI=1S/C13H22N2O/c1-9(2)10-3-4-13(11(5-10)6-14)15-7-12(16)8-15/h9-13,16H,3-5,7-8H2,1-2H3. The Balaban J connectivity index is 1.93. The van der Waals surface area contributed by atoms with Crippen LogP contribution in [-0.4, -0.2) is 35.2 Å². The zero-order valence-electron chi connectivity index (χ0n) is 10.3. The van der Waals surface area contributed by atoms with Crippen LogP contribution in [0.3, 0.4) is 0 Å². The molecule has 2 fully saturated rings. The van der Waals surface area contributed by atoms with Gasteiger partial charge in [-0.15, -0.1) is 0 Å². The molecule has 0 spiro atoms.